The van der Waals surface area contributed by atoms with Crippen molar-refractivity contribution >= 4 is 5.69 Å². The van der Waals surface area contributed by atoms with Crippen molar-refractivity contribution in [3.8, 4) is 5.75 Å². The maximum Gasteiger partial charge on any atom is 0.115 e. The highest BCUT2D eigenvalue weighted by Crippen LogP contribution is 2.21. The number of aryl methyl sites for hydroxylation is 3. The summed E-state index contributed by atoms with van der Waals surface area (Å²) in [6, 6.07) is 11.9. The largest absolute Gasteiger partial charge is 0.508 e. The Labute approximate surface area is 108 Å². The average Bonchev–Trinajstić information content (AvgIpc) is 2.30. The maximum absolute atomic E-state index is 9.37. The lowest BCUT2D eigenvalue weighted by Gasteiger charge is -2.12. The Balaban J connectivity index is 2.11. The van der Waals surface area contributed by atoms with Crippen LogP contribution in [0.15, 0.2) is 36.4 Å². The molecule has 0 unspecified atom stereocenters. The van der Waals surface area contributed by atoms with Gasteiger partial charge in [-0.15, -0.1) is 0 Å². The first kappa shape index (κ1) is 12.5. The van der Waals surface area contributed by atoms with Gasteiger partial charge in [0.25, 0.3) is 0 Å². The summed E-state index contributed by atoms with van der Waals surface area (Å²) in [5.74, 6) is 0.310. The molecule has 0 aromatic heterocycles. The predicted molar refractivity (Wildman–Crippen MR) is 76.1 cm³/mol. The molecule has 2 aromatic carbocycles. The first-order chi connectivity index (χ1) is 8.56. The second-order valence-electron chi connectivity index (χ2n) is 4.78. The van der Waals surface area contributed by atoms with Gasteiger partial charge in [0.15, 0.2) is 0 Å². The molecule has 2 heteroatoms. The molecule has 0 spiro atoms. The molecule has 0 amide bonds. The number of hydrogen-bond acceptors (Lipinski definition) is 2. The Kier molecular flexibility index (Phi) is 3.56. The normalized spacial score (nSPS) is 10.4. The average molecular weight is 241 g/mol. The van der Waals surface area contributed by atoms with E-state index in [9.17, 15) is 5.11 Å². The van der Waals surface area contributed by atoms with Crippen molar-refractivity contribution in [3.05, 3.63) is 58.7 Å². The minimum absolute atomic E-state index is 0.310. The van der Waals surface area contributed by atoms with Gasteiger partial charge in [-0.25, -0.2) is 0 Å². The highest BCUT2D eigenvalue weighted by Gasteiger charge is 2.01. The van der Waals surface area contributed by atoms with Crippen molar-refractivity contribution in [2.45, 2.75) is 27.3 Å². The number of phenolic OH excluding ortho intramolecular Hbond substituents is 1. The highest BCUT2D eigenvalue weighted by molar-refractivity contribution is 5.53. The minimum Gasteiger partial charge on any atom is -0.508 e. The van der Waals surface area contributed by atoms with E-state index in [1.54, 1.807) is 12.1 Å². The number of nitrogens with one attached hydrogen (secondary N) is 1. The molecule has 2 N–H and O–H groups in total. The molecule has 2 nitrogen and oxygen atoms in total. The first-order valence-corrected chi connectivity index (χ1v) is 6.16. The lowest BCUT2D eigenvalue weighted by Crippen LogP contribution is -2.02. The summed E-state index contributed by atoms with van der Waals surface area (Å²) < 4.78 is 0. The smallest absolute Gasteiger partial charge is 0.115 e. The van der Waals surface area contributed by atoms with Crippen molar-refractivity contribution in [2.24, 2.45) is 0 Å². The van der Waals surface area contributed by atoms with Crippen LogP contribution in [0.5, 0.6) is 5.75 Å². The molecule has 0 aliphatic heterocycles. The Bertz CT molecular complexity index is 510. The second kappa shape index (κ2) is 5.13. The fourth-order valence-electron chi connectivity index (χ4n) is 2.08. The predicted octanol–water partition coefficient (Wildman–Crippen LogP) is 3.93. The Hall–Kier alpha value is -1.96. The van der Waals surface area contributed by atoms with Gasteiger partial charge in [0.2, 0.25) is 0 Å². The van der Waals surface area contributed by atoms with E-state index in [4.69, 9.17) is 0 Å². The van der Waals surface area contributed by atoms with Gasteiger partial charge in [-0.2, -0.15) is 0 Å². The third-order valence-corrected chi connectivity index (χ3v) is 3.18. The number of anilines is 1. The fraction of sp³-hybridized carbons (Fsp3) is 0.250. The molecule has 0 radical (unpaired) electrons. The van der Waals surface area contributed by atoms with Crippen LogP contribution >= 0.6 is 0 Å². The number of phenols is 1. The van der Waals surface area contributed by atoms with Crippen molar-refractivity contribution in [2.75, 3.05) is 5.32 Å². The second-order valence-corrected chi connectivity index (χ2v) is 4.78. The number of rotatable bonds is 3. The molecule has 0 saturated carbocycles. The minimum atomic E-state index is 0.310. The number of hydrogen-bond donors (Lipinski definition) is 2. The van der Waals surface area contributed by atoms with E-state index in [1.165, 1.54) is 16.7 Å². The molecule has 2 rings (SSSR count). The summed E-state index contributed by atoms with van der Waals surface area (Å²) in [6.07, 6.45) is 0. The lowest BCUT2D eigenvalue weighted by atomic mass is 10.1. The topological polar surface area (TPSA) is 32.3 Å². The molecule has 0 bridgehead atoms. The van der Waals surface area contributed by atoms with Gasteiger partial charge in [0.05, 0.1) is 0 Å². The van der Waals surface area contributed by atoms with Crippen LogP contribution in [0.4, 0.5) is 5.69 Å². The van der Waals surface area contributed by atoms with Gasteiger partial charge in [0.1, 0.15) is 5.75 Å². The van der Waals surface area contributed by atoms with Crippen molar-refractivity contribution < 1.29 is 5.11 Å². The number of aromatic hydroxyl groups is 1. The molecule has 0 aliphatic rings. The molecular weight excluding hydrogens is 222 g/mol. The van der Waals surface area contributed by atoms with Gasteiger partial charge in [-0.3, -0.25) is 0 Å². The van der Waals surface area contributed by atoms with Crippen LogP contribution in [0.2, 0.25) is 0 Å². The zero-order valence-corrected chi connectivity index (χ0v) is 11.1. The van der Waals surface area contributed by atoms with E-state index in [-0.39, 0.29) is 0 Å². The summed E-state index contributed by atoms with van der Waals surface area (Å²) >= 11 is 0. The van der Waals surface area contributed by atoms with E-state index in [2.05, 4.69) is 37.4 Å². The lowest BCUT2D eigenvalue weighted by molar-refractivity contribution is 0.475. The number of benzene rings is 2. The molecule has 18 heavy (non-hydrogen) atoms. The highest BCUT2D eigenvalue weighted by atomic mass is 16.3. The van der Waals surface area contributed by atoms with Crippen molar-refractivity contribution in [3.63, 3.8) is 0 Å². The summed E-state index contributed by atoms with van der Waals surface area (Å²) in [6.45, 7) is 7.03. The van der Waals surface area contributed by atoms with Gasteiger partial charge in [-0.05, 0) is 55.7 Å². The molecule has 0 fully saturated rings. The summed E-state index contributed by atoms with van der Waals surface area (Å²) in [4.78, 5) is 0. The molecule has 2 aromatic rings. The van der Waals surface area contributed by atoms with Crippen LogP contribution in [0, 0.1) is 20.8 Å². The van der Waals surface area contributed by atoms with E-state index < -0.39 is 0 Å². The van der Waals surface area contributed by atoms with Gasteiger partial charge >= 0.3 is 0 Å². The molecule has 0 heterocycles. The summed E-state index contributed by atoms with van der Waals surface area (Å²) in [7, 11) is 0. The fourth-order valence-corrected chi connectivity index (χ4v) is 2.08. The molecule has 0 saturated heterocycles. The monoisotopic (exact) mass is 241 g/mol. The van der Waals surface area contributed by atoms with Crippen LogP contribution in [0.25, 0.3) is 0 Å². The van der Waals surface area contributed by atoms with Gasteiger partial charge in [-0.1, -0.05) is 23.8 Å². The summed E-state index contributed by atoms with van der Waals surface area (Å²) in [5.41, 5.74) is 6.01. The van der Waals surface area contributed by atoms with E-state index in [0.29, 0.717) is 5.75 Å². The van der Waals surface area contributed by atoms with Crippen molar-refractivity contribution in [1.82, 2.24) is 0 Å². The van der Waals surface area contributed by atoms with Crippen LogP contribution in [0.1, 0.15) is 22.3 Å². The molecule has 0 atom stereocenters. The summed E-state index contributed by atoms with van der Waals surface area (Å²) in [5, 5.41) is 12.8. The van der Waals surface area contributed by atoms with E-state index in [1.807, 2.05) is 13.0 Å². The van der Waals surface area contributed by atoms with Crippen LogP contribution < -0.4 is 5.32 Å². The zero-order chi connectivity index (χ0) is 13.1. The maximum atomic E-state index is 9.37. The van der Waals surface area contributed by atoms with E-state index in [0.717, 1.165) is 17.8 Å². The SMILES string of the molecule is Cc1ccc(CNc2ccc(O)cc2C)c(C)c1. The van der Waals surface area contributed by atoms with Crippen LogP contribution in [-0.2, 0) is 6.54 Å². The molecular formula is C16H19NO. The quantitative estimate of drug-likeness (QED) is 0.798. The van der Waals surface area contributed by atoms with E-state index >= 15 is 0 Å². The molecule has 94 valence electrons. The Morgan fingerprint density at radius 3 is 2.39 bits per heavy atom. The third kappa shape index (κ3) is 2.83. The Morgan fingerprint density at radius 1 is 0.944 bits per heavy atom. The standard InChI is InChI=1S/C16H19NO/c1-11-4-5-14(12(2)8-11)10-17-16-7-6-15(18)9-13(16)3/h4-9,17-18H,10H2,1-3H3. The third-order valence-electron chi connectivity index (χ3n) is 3.18. The van der Waals surface area contributed by atoms with Crippen molar-refractivity contribution in [1.29, 1.82) is 0 Å². The zero-order valence-electron chi connectivity index (χ0n) is 11.1. The molecule has 0 aliphatic carbocycles. The van der Waals surface area contributed by atoms with Gasteiger partial charge < -0.3 is 10.4 Å². The van der Waals surface area contributed by atoms with Crippen LogP contribution in [-0.4, -0.2) is 5.11 Å². The van der Waals surface area contributed by atoms with Gasteiger partial charge in [0, 0.05) is 12.2 Å². The van der Waals surface area contributed by atoms with Crippen LogP contribution in [0.3, 0.4) is 0 Å². The Morgan fingerprint density at radius 2 is 1.72 bits per heavy atom. The first-order valence-electron chi connectivity index (χ1n) is 6.16.